The summed E-state index contributed by atoms with van der Waals surface area (Å²) in [4.78, 5) is 84.8. The van der Waals surface area contributed by atoms with Crippen LogP contribution in [0, 0.1) is 35.5 Å². The molecule has 0 saturated heterocycles. The third kappa shape index (κ3) is 26.3. The fraction of sp³-hybridized carbons (Fsp3) is 0.843. The largest absolute Gasteiger partial charge is 0.300 e. The van der Waals surface area contributed by atoms with Gasteiger partial charge in [-0.1, -0.05) is 60.8 Å². The van der Waals surface area contributed by atoms with E-state index in [1.54, 1.807) is 0 Å². The average Bonchev–Trinajstić information content (AvgIpc) is 3.98. The highest BCUT2D eigenvalue weighted by molar-refractivity contribution is 5.84. The first kappa shape index (κ1) is 54.4. The van der Waals surface area contributed by atoms with Gasteiger partial charge in [-0.25, -0.2) is 0 Å². The van der Waals surface area contributed by atoms with E-state index >= 15 is 0 Å². The fourth-order valence-corrected chi connectivity index (χ4v) is 8.33. The third-order valence-corrected chi connectivity index (χ3v) is 13.2. The van der Waals surface area contributed by atoms with E-state index in [0.717, 1.165) is 173 Å². The topological polar surface area (TPSA) is 137 Å². The zero-order valence-corrected chi connectivity index (χ0v) is 38.7. The van der Waals surface area contributed by atoms with Crippen molar-refractivity contribution in [1.82, 2.24) is 0 Å². The van der Waals surface area contributed by atoms with E-state index < -0.39 is 0 Å². The number of ketones is 8. The van der Waals surface area contributed by atoms with Gasteiger partial charge in [-0.15, -0.1) is 0 Å². The summed E-state index contributed by atoms with van der Waals surface area (Å²) in [6.45, 7) is 12.4. The summed E-state index contributed by atoms with van der Waals surface area (Å²) in [6.07, 6.45) is 32.3. The van der Waals surface area contributed by atoms with Gasteiger partial charge in [-0.3, -0.25) is 38.4 Å². The Hall–Kier alpha value is -2.64. The predicted octanol–water partition coefficient (Wildman–Crippen LogP) is 12.5. The molecule has 0 bridgehead atoms. The van der Waals surface area contributed by atoms with Gasteiger partial charge in [0.05, 0.1) is 0 Å². The summed E-state index contributed by atoms with van der Waals surface area (Å²) in [5.41, 5.74) is 0. The van der Waals surface area contributed by atoms with Gasteiger partial charge >= 0.3 is 0 Å². The SMILES string of the molecule is CC1CCC(C)C(=O)C1.CC1CCCC1=O.CC1CCCCC1=O.CCC1CCCC1=O.CCC1CCCCC1=O.O=C1CCC1.O=C1CCCC1.O=C1CCCCC1. The van der Waals surface area contributed by atoms with Crippen molar-refractivity contribution in [3.8, 4) is 0 Å². The Labute approximate surface area is 359 Å². The van der Waals surface area contributed by atoms with E-state index in [0.29, 0.717) is 81.8 Å². The van der Waals surface area contributed by atoms with Crippen LogP contribution >= 0.6 is 0 Å². The minimum atomic E-state index is 0.348. The van der Waals surface area contributed by atoms with Gasteiger partial charge in [-0.05, 0) is 115 Å². The van der Waals surface area contributed by atoms with E-state index in [-0.39, 0.29) is 0 Å². The molecule has 0 heterocycles. The van der Waals surface area contributed by atoms with Crippen molar-refractivity contribution in [3.63, 3.8) is 0 Å². The summed E-state index contributed by atoms with van der Waals surface area (Å²) >= 11 is 0. The van der Waals surface area contributed by atoms with Gasteiger partial charge in [-0.2, -0.15) is 0 Å². The third-order valence-electron chi connectivity index (χ3n) is 13.2. The Kier molecular flexibility index (Phi) is 30.5. The van der Waals surface area contributed by atoms with Crippen molar-refractivity contribution in [2.75, 3.05) is 0 Å². The number of carbonyl (C=O) groups excluding carboxylic acids is 8. The number of carbonyl (C=O) groups is 8. The molecule has 8 saturated carbocycles. The summed E-state index contributed by atoms with van der Waals surface area (Å²) < 4.78 is 0. The van der Waals surface area contributed by atoms with Gasteiger partial charge in [0, 0.05) is 100 Å². The van der Waals surface area contributed by atoms with Crippen LogP contribution < -0.4 is 0 Å². The van der Waals surface area contributed by atoms with Crippen molar-refractivity contribution in [2.24, 2.45) is 35.5 Å². The molecule has 8 heteroatoms. The maximum absolute atomic E-state index is 11.0. The molecule has 8 aliphatic carbocycles. The quantitative estimate of drug-likeness (QED) is 0.268. The molecular formula is C51H86O8. The Morgan fingerprint density at radius 3 is 0.915 bits per heavy atom. The maximum atomic E-state index is 11.0. The molecule has 6 unspecified atom stereocenters. The van der Waals surface area contributed by atoms with E-state index in [1.165, 1.54) is 25.7 Å². The van der Waals surface area contributed by atoms with Crippen LogP contribution in [-0.4, -0.2) is 46.3 Å². The van der Waals surface area contributed by atoms with Crippen molar-refractivity contribution >= 4 is 46.3 Å². The summed E-state index contributed by atoms with van der Waals surface area (Å²) in [7, 11) is 0. The van der Waals surface area contributed by atoms with E-state index in [4.69, 9.17) is 0 Å². The molecule has 59 heavy (non-hydrogen) atoms. The lowest BCUT2D eigenvalue weighted by atomic mass is 9.83. The van der Waals surface area contributed by atoms with Crippen LogP contribution in [0.3, 0.4) is 0 Å². The summed E-state index contributed by atoms with van der Waals surface area (Å²) in [6, 6.07) is 0. The molecule has 8 nitrogen and oxygen atoms in total. The monoisotopic (exact) mass is 827 g/mol. The van der Waals surface area contributed by atoms with Crippen molar-refractivity contribution in [2.45, 2.75) is 241 Å². The molecule has 338 valence electrons. The Balaban J connectivity index is 0.000000339. The summed E-state index contributed by atoms with van der Waals surface area (Å²) in [5.74, 6) is 6.32. The Morgan fingerprint density at radius 2 is 0.661 bits per heavy atom. The van der Waals surface area contributed by atoms with Crippen LogP contribution in [0.15, 0.2) is 0 Å². The second kappa shape index (κ2) is 33.0. The van der Waals surface area contributed by atoms with Gasteiger partial charge in [0.1, 0.15) is 46.3 Å². The molecule has 0 aromatic heterocycles. The van der Waals surface area contributed by atoms with Crippen molar-refractivity contribution < 1.29 is 38.4 Å². The van der Waals surface area contributed by atoms with Crippen LogP contribution in [0.25, 0.3) is 0 Å². The highest BCUT2D eigenvalue weighted by Crippen LogP contribution is 2.26. The van der Waals surface area contributed by atoms with Crippen LogP contribution in [0.1, 0.15) is 241 Å². The Bertz CT molecular complexity index is 1260. The van der Waals surface area contributed by atoms with Crippen LogP contribution in [0.2, 0.25) is 0 Å². The molecule has 0 spiro atoms. The predicted molar refractivity (Wildman–Crippen MR) is 238 cm³/mol. The molecular weight excluding hydrogens is 741 g/mol. The maximum Gasteiger partial charge on any atom is 0.135 e. The van der Waals surface area contributed by atoms with Gasteiger partial charge < -0.3 is 0 Å². The lowest BCUT2D eigenvalue weighted by Crippen LogP contribution is -2.20. The fourth-order valence-electron chi connectivity index (χ4n) is 8.33. The zero-order chi connectivity index (χ0) is 44.0. The first-order valence-corrected chi connectivity index (χ1v) is 24.4. The Morgan fingerprint density at radius 1 is 0.322 bits per heavy atom. The zero-order valence-electron chi connectivity index (χ0n) is 38.7. The second-order valence-electron chi connectivity index (χ2n) is 18.6. The van der Waals surface area contributed by atoms with Gasteiger partial charge in [0.2, 0.25) is 0 Å². The van der Waals surface area contributed by atoms with Crippen LogP contribution in [-0.2, 0) is 38.4 Å². The minimum absolute atomic E-state index is 0.348. The minimum Gasteiger partial charge on any atom is -0.300 e. The molecule has 8 aliphatic rings. The molecule has 0 N–H and O–H groups in total. The molecule has 0 radical (unpaired) electrons. The second-order valence-corrected chi connectivity index (χ2v) is 18.6. The molecule has 0 aromatic rings. The number of hydrogen-bond donors (Lipinski definition) is 0. The molecule has 8 rings (SSSR count). The average molecular weight is 827 g/mol. The normalized spacial score (nSPS) is 28.6. The highest BCUT2D eigenvalue weighted by Gasteiger charge is 2.23. The summed E-state index contributed by atoms with van der Waals surface area (Å²) in [5, 5.41) is 0. The first-order chi connectivity index (χ1) is 28.2. The molecule has 6 atom stereocenters. The van der Waals surface area contributed by atoms with Gasteiger partial charge in [0.15, 0.2) is 0 Å². The first-order valence-electron chi connectivity index (χ1n) is 24.4. The number of Topliss-reactive ketones (excluding diaryl/α,β-unsaturated/α-hetero) is 8. The van der Waals surface area contributed by atoms with Crippen LogP contribution in [0.4, 0.5) is 0 Å². The molecule has 0 amide bonds. The van der Waals surface area contributed by atoms with E-state index in [1.807, 2.05) is 20.8 Å². The van der Waals surface area contributed by atoms with E-state index in [9.17, 15) is 38.4 Å². The smallest absolute Gasteiger partial charge is 0.135 e. The van der Waals surface area contributed by atoms with Crippen LogP contribution in [0.5, 0.6) is 0 Å². The van der Waals surface area contributed by atoms with Crippen molar-refractivity contribution in [1.29, 1.82) is 0 Å². The molecule has 0 aromatic carbocycles. The number of hydrogen-bond acceptors (Lipinski definition) is 8. The number of rotatable bonds is 2. The van der Waals surface area contributed by atoms with Gasteiger partial charge in [0.25, 0.3) is 0 Å². The molecule has 8 fully saturated rings. The standard InChI is InChI=1S/2C8H14O.2C7H12O.2C6H10O.C5H8O.C4H6O/c1-6-3-4-7(2)8(9)5-6;1-2-7-5-3-4-6-8(7)9;1-6-4-2-3-5-7(6)8;1-2-6-4-3-5-7(6)8;1-5-3-2-4-6(5)7;7-6-4-2-1-3-5-6;6-5-3-1-2-4-5;5-4-2-1-3-4/h6-7H,3-5H2,1-2H3;7H,2-6H2,1H3;2*6H,2-5H2,1H3;5H,2-4H2,1H3;1-5H2;1-4H2;1-3H2. The highest BCUT2D eigenvalue weighted by atomic mass is 16.2. The lowest BCUT2D eigenvalue weighted by molar-refractivity contribution is -0.125. The van der Waals surface area contributed by atoms with E-state index in [2.05, 4.69) is 20.8 Å². The lowest BCUT2D eigenvalue weighted by Gasteiger charge is -2.21. The molecule has 0 aliphatic heterocycles. The van der Waals surface area contributed by atoms with Crippen molar-refractivity contribution in [3.05, 3.63) is 0 Å².